The van der Waals surface area contributed by atoms with Crippen LogP contribution < -0.4 is 10.6 Å². The molecule has 1 fully saturated rings. The van der Waals surface area contributed by atoms with E-state index in [2.05, 4.69) is 15.6 Å². The standard InChI is InChI=1S/C20H16F3IN4O2S.C2H4O2/c21-13-3-2-12(17(16(13)23)27-15-4-1-11(24)7-14(15)22)18(29)28-9-20(30,10-28)8-26-19-25-5-6-31-19;1-2(3)4/h1-7,27,30H,8-10H2,(H,25,26);1H3,(H,3,4). The maximum Gasteiger partial charge on any atom is 0.300 e. The molecular formula is C22H20F3IN4O4S. The Labute approximate surface area is 215 Å². The third kappa shape index (κ3) is 6.82. The molecule has 1 saturated heterocycles. The number of carbonyl (C=O) groups is 2. The van der Waals surface area contributed by atoms with E-state index < -0.39 is 40.6 Å². The minimum absolute atomic E-state index is 0.000533. The summed E-state index contributed by atoms with van der Waals surface area (Å²) >= 11 is 3.30. The van der Waals surface area contributed by atoms with Crippen molar-refractivity contribution in [2.75, 3.05) is 30.3 Å². The van der Waals surface area contributed by atoms with Crippen molar-refractivity contribution in [3.05, 3.63) is 68.5 Å². The lowest BCUT2D eigenvalue weighted by Crippen LogP contribution is -2.66. The molecule has 3 aromatic rings. The van der Waals surface area contributed by atoms with Crippen LogP contribution in [-0.2, 0) is 4.79 Å². The number of aromatic nitrogens is 1. The number of anilines is 3. The molecule has 2 aromatic carbocycles. The summed E-state index contributed by atoms with van der Waals surface area (Å²) in [5.74, 6) is -4.56. The zero-order valence-electron chi connectivity index (χ0n) is 18.2. The second-order valence-corrected chi connectivity index (χ2v) is 9.77. The van der Waals surface area contributed by atoms with Crippen molar-refractivity contribution in [2.24, 2.45) is 0 Å². The third-order valence-corrected chi connectivity index (χ3v) is 6.18. The minimum Gasteiger partial charge on any atom is -0.481 e. The number of β-amino-alcohol motifs (C(OH)–C–C–N with tert-alkyl or cyclic N) is 1. The van der Waals surface area contributed by atoms with Crippen molar-refractivity contribution in [3.63, 3.8) is 0 Å². The van der Waals surface area contributed by atoms with E-state index in [0.29, 0.717) is 8.70 Å². The van der Waals surface area contributed by atoms with Gasteiger partial charge in [0.25, 0.3) is 11.9 Å². The van der Waals surface area contributed by atoms with E-state index in [-0.39, 0.29) is 30.9 Å². The molecule has 8 nitrogen and oxygen atoms in total. The van der Waals surface area contributed by atoms with Gasteiger partial charge in [-0.3, -0.25) is 9.59 Å². The molecule has 0 atom stereocenters. The fraction of sp³-hybridized carbons (Fsp3) is 0.227. The van der Waals surface area contributed by atoms with Crippen molar-refractivity contribution >= 4 is 62.3 Å². The van der Waals surface area contributed by atoms with E-state index in [1.807, 2.05) is 22.6 Å². The molecule has 0 unspecified atom stereocenters. The fourth-order valence-corrected chi connectivity index (χ4v) is 4.20. The van der Waals surface area contributed by atoms with Gasteiger partial charge in [0, 0.05) is 28.6 Å². The summed E-state index contributed by atoms with van der Waals surface area (Å²) in [5.41, 5.74) is -1.88. The summed E-state index contributed by atoms with van der Waals surface area (Å²) in [7, 11) is 0. The molecule has 35 heavy (non-hydrogen) atoms. The molecule has 0 radical (unpaired) electrons. The maximum absolute atomic E-state index is 14.5. The van der Waals surface area contributed by atoms with Crippen LogP contribution in [-0.4, -0.2) is 57.2 Å². The third-order valence-electron chi connectivity index (χ3n) is 4.77. The zero-order valence-corrected chi connectivity index (χ0v) is 21.2. The lowest BCUT2D eigenvalue weighted by Gasteiger charge is -2.46. The van der Waals surface area contributed by atoms with E-state index in [9.17, 15) is 23.1 Å². The van der Waals surface area contributed by atoms with Crippen LogP contribution in [0.1, 0.15) is 17.3 Å². The van der Waals surface area contributed by atoms with Gasteiger partial charge in [0.15, 0.2) is 16.8 Å². The maximum atomic E-state index is 14.5. The van der Waals surface area contributed by atoms with Crippen molar-refractivity contribution < 1.29 is 33.0 Å². The average molecular weight is 620 g/mol. The van der Waals surface area contributed by atoms with Crippen LogP contribution >= 0.6 is 33.9 Å². The van der Waals surface area contributed by atoms with Crippen molar-refractivity contribution in [1.82, 2.24) is 9.88 Å². The topological polar surface area (TPSA) is 115 Å². The molecule has 2 heterocycles. The molecular weight excluding hydrogens is 600 g/mol. The van der Waals surface area contributed by atoms with Crippen LogP contribution in [0.25, 0.3) is 0 Å². The Morgan fingerprint density at radius 3 is 2.49 bits per heavy atom. The lowest BCUT2D eigenvalue weighted by molar-refractivity contribution is -0.134. The SMILES string of the molecule is CC(=O)O.O=C(c1ccc(F)c(F)c1Nc1ccc(I)cc1F)N1CC(O)(CNc2nccs2)C1. The first-order chi connectivity index (χ1) is 16.5. The van der Waals surface area contributed by atoms with E-state index in [1.54, 1.807) is 17.6 Å². The quantitative estimate of drug-likeness (QED) is 0.304. The van der Waals surface area contributed by atoms with Crippen molar-refractivity contribution in [2.45, 2.75) is 12.5 Å². The fourth-order valence-electron chi connectivity index (χ4n) is 3.22. The van der Waals surface area contributed by atoms with E-state index in [1.165, 1.54) is 28.4 Å². The second kappa shape index (κ2) is 11.2. The van der Waals surface area contributed by atoms with E-state index in [4.69, 9.17) is 9.90 Å². The van der Waals surface area contributed by atoms with Crippen molar-refractivity contribution in [1.29, 1.82) is 0 Å². The molecule has 1 aliphatic heterocycles. The van der Waals surface area contributed by atoms with Gasteiger partial charge in [0.2, 0.25) is 0 Å². The first-order valence-electron chi connectivity index (χ1n) is 10.0. The highest BCUT2D eigenvalue weighted by Crippen LogP contribution is 2.32. The average Bonchev–Trinajstić information content (AvgIpc) is 3.28. The number of hydrogen-bond acceptors (Lipinski definition) is 7. The summed E-state index contributed by atoms with van der Waals surface area (Å²) < 4.78 is 43.2. The highest BCUT2D eigenvalue weighted by Gasteiger charge is 2.44. The van der Waals surface area contributed by atoms with Gasteiger partial charge in [-0.15, -0.1) is 11.3 Å². The van der Waals surface area contributed by atoms with Gasteiger partial charge < -0.3 is 25.7 Å². The Morgan fingerprint density at radius 1 is 1.20 bits per heavy atom. The smallest absolute Gasteiger partial charge is 0.300 e. The van der Waals surface area contributed by atoms with Crippen LogP contribution in [0.5, 0.6) is 0 Å². The number of carboxylic acids is 1. The number of carbonyl (C=O) groups excluding carboxylic acids is 1. The number of amides is 1. The molecule has 4 N–H and O–H groups in total. The minimum atomic E-state index is -1.29. The number of halogens is 4. The molecule has 4 rings (SSSR count). The summed E-state index contributed by atoms with van der Waals surface area (Å²) in [6.07, 6.45) is 1.63. The molecule has 0 spiro atoms. The van der Waals surface area contributed by atoms with Crippen LogP contribution in [0.3, 0.4) is 0 Å². The van der Waals surface area contributed by atoms with Gasteiger partial charge in [-0.1, -0.05) is 0 Å². The highest BCUT2D eigenvalue weighted by atomic mass is 127. The number of hydrogen-bond donors (Lipinski definition) is 4. The number of thiazole rings is 1. The molecule has 0 aliphatic carbocycles. The Kier molecular flexibility index (Phi) is 8.56. The summed E-state index contributed by atoms with van der Waals surface area (Å²) in [5, 5.41) is 25.9. The normalized spacial score (nSPS) is 13.8. The molecule has 13 heteroatoms. The summed E-state index contributed by atoms with van der Waals surface area (Å²) in [6.45, 7) is 1.27. The van der Waals surface area contributed by atoms with Crippen LogP contribution in [0, 0.1) is 21.0 Å². The van der Waals surface area contributed by atoms with Gasteiger partial charge in [-0.25, -0.2) is 18.2 Å². The van der Waals surface area contributed by atoms with Crippen LogP contribution in [0.15, 0.2) is 41.9 Å². The number of nitrogens with zero attached hydrogens (tertiary/aromatic N) is 2. The van der Waals surface area contributed by atoms with Gasteiger partial charge in [-0.05, 0) is 52.9 Å². The zero-order chi connectivity index (χ0) is 25.8. The van der Waals surface area contributed by atoms with Gasteiger partial charge >= 0.3 is 0 Å². The van der Waals surface area contributed by atoms with Crippen LogP contribution in [0.2, 0.25) is 0 Å². The second-order valence-electron chi connectivity index (χ2n) is 7.63. The Bertz CT molecular complexity index is 1220. The molecule has 1 aromatic heterocycles. The molecule has 0 saturated carbocycles. The number of aliphatic carboxylic acids is 1. The molecule has 1 aliphatic rings. The molecule has 0 bridgehead atoms. The van der Waals surface area contributed by atoms with E-state index in [0.717, 1.165) is 19.1 Å². The first kappa shape index (κ1) is 26.7. The molecule has 1 amide bonds. The number of aliphatic hydroxyl groups is 1. The van der Waals surface area contributed by atoms with E-state index >= 15 is 0 Å². The number of likely N-dealkylation sites (tertiary alicyclic amines) is 1. The summed E-state index contributed by atoms with van der Waals surface area (Å²) in [6, 6.07) is 6.18. The van der Waals surface area contributed by atoms with Gasteiger partial charge in [0.05, 0.1) is 30.0 Å². The number of carboxylic acid groups (broad SMARTS) is 1. The predicted octanol–water partition coefficient (Wildman–Crippen LogP) is 4.30. The first-order valence-corrected chi connectivity index (χ1v) is 12.0. The Balaban J connectivity index is 0.000000795. The predicted molar refractivity (Wildman–Crippen MR) is 134 cm³/mol. The largest absolute Gasteiger partial charge is 0.481 e. The highest BCUT2D eigenvalue weighted by molar-refractivity contribution is 14.1. The van der Waals surface area contributed by atoms with Gasteiger partial charge in [-0.2, -0.15) is 0 Å². The Hall–Kier alpha value is -2.91. The lowest BCUT2D eigenvalue weighted by atomic mass is 9.93. The number of rotatable bonds is 6. The monoisotopic (exact) mass is 620 g/mol. The molecule has 186 valence electrons. The number of nitrogens with one attached hydrogen (secondary N) is 2. The van der Waals surface area contributed by atoms with Gasteiger partial charge in [0.1, 0.15) is 11.4 Å². The Morgan fingerprint density at radius 2 is 1.89 bits per heavy atom. The summed E-state index contributed by atoms with van der Waals surface area (Å²) in [4.78, 5) is 27.3. The van der Waals surface area contributed by atoms with Crippen molar-refractivity contribution in [3.8, 4) is 0 Å². The number of benzene rings is 2. The van der Waals surface area contributed by atoms with Crippen LogP contribution in [0.4, 0.5) is 29.7 Å².